The lowest BCUT2D eigenvalue weighted by atomic mass is 10.0. The maximum absolute atomic E-state index is 11.6. The van der Waals surface area contributed by atoms with E-state index in [0.717, 1.165) is 29.8 Å². The number of rotatable bonds is 3. The van der Waals surface area contributed by atoms with Crippen LogP contribution in [-0.2, 0) is 4.79 Å². The molecule has 1 N–H and O–H groups in total. The average Bonchev–Trinajstić information content (AvgIpc) is 2.86. The van der Waals surface area contributed by atoms with Gasteiger partial charge in [0.25, 0.3) is 0 Å². The lowest BCUT2D eigenvalue weighted by Gasteiger charge is -2.08. The van der Waals surface area contributed by atoms with Gasteiger partial charge in [-0.25, -0.2) is 0 Å². The third kappa shape index (κ3) is 3.52. The van der Waals surface area contributed by atoms with Gasteiger partial charge in [0.15, 0.2) is 5.17 Å². The first-order valence-electron chi connectivity index (χ1n) is 5.82. The molecule has 0 bridgehead atoms. The Bertz CT molecular complexity index is 259. The van der Waals surface area contributed by atoms with Gasteiger partial charge in [0.05, 0.1) is 6.54 Å². The van der Waals surface area contributed by atoms with Crippen molar-refractivity contribution in [2.45, 2.75) is 38.5 Å². The van der Waals surface area contributed by atoms with E-state index in [9.17, 15) is 4.79 Å². The molecule has 0 unspecified atom stereocenters. The highest BCUT2D eigenvalue weighted by molar-refractivity contribution is 8.14. The van der Waals surface area contributed by atoms with Crippen molar-refractivity contribution in [3.8, 4) is 0 Å². The summed E-state index contributed by atoms with van der Waals surface area (Å²) in [5.41, 5.74) is 0. The number of nitrogens with one attached hydrogen (secondary N) is 1. The second-order valence-electron chi connectivity index (χ2n) is 4.27. The molecule has 1 fully saturated rings. The summed E-state index contributed by atoms with van der Waals surface area (Å²) in [7, 11) is 0. The van der Waals surface area contributed by atoms with Crippen molar-refractivity contribution in [3.05, 3.63) is 0 Å². The van der Waals surface area contributed by atoms with Gasteiger partial charge in [-0.3, -0.25) is 9.79 Å². The smallest absolute Gasteiger partial charge is 0.225 e. The minimum atomic E-state index is 0.148. The maximum atomic E-state index is 11.6. The summed E-state index contributed by atoms with van der Waals surface area (Å²) in [4.78, 5) is 15.8. The topological polar surface area (TPSA) is 41.5 Å². The van der Waals surface area contributed by atoms with Crippen LogP contribution in [0.5, 0.6) is 0 Å². The molecule has 15 heavy (non-hydrogen) atoms. The molecule has 0 atom stereocenters. The monoisotopic (exact) mass is 226 g/mol. The Balaban J connectivity index is 1.63. The van der Waals surface area contributed by atoms with Crippen LogP contribution in [0.2, 0.25) is 0 Å². The van der Waals surface area contributed by atoms with Gasteiger partial charge in [-0.1, -0.05) is 37.4 Å². The molecule has 0 saturated heterocycles. The summed E-state index contributed by atoms with van der Waals surface area (Å²) in [6, 6.07) is 0. The zero-order chi connectivity index (χ0) is 10.5. The van der Waals surface area contributed by atoms with Gasteiger partial charge in [-0.2, -0.15) is 0 Å². The molecule has 0 aromatic carbocycles. The molecule has 3 nitrogen and oxygen atoms in total. The molecule has 1 aliphatic carbocycles. The van der Waals surface area contributed by atoms with Crippen LogP contribution < -0.4 is 5.32 Å². The first-order chi connectivity index (χ1) is 7.34. The van der Waals surface area contributed by atoms with Crippen LogP contribution in [0, 0.1) is 5.92 Å². The normalized spacial score (nSPS) is 21.7. The van der Waals surface area contributed by atoms with Crippen molar-refractivity contribution in [2.24, 2.45) is 10.9 Å². The fourth-order valence-corrected chi connectivity index (χ4v) is 2.97. The van der Waals surface area contributed by atoms with Gasteiger partial charge >= 0.3 is 0 Å². The number of amides is 1. The lowest BCUT2D eigenvalue weighted by Crippen LogP contribution is -2.27. The van der Waals surface area contributed by atoms with Crippen molar-refractivity contribution >= 4 is 22.8 Å². The zero-order valence-electron chi connectivity index (χ0n) is 9.00. The molecule has 0 aromatic rings. The van der Waals surface area contributed by atoms with Crippen molar-refractivity contribution in [1.82, 2.24) is 5.32 Å². The molecular weight excluding hydrogens is 208 g/mol. The van der Waals surface area contributed by atoms with E-state index in [1.54, 1.807) is 11.8 Å². The van der Waals surface area contributed by atoms with Gasteiger partial charge in [-0.05, 0) is 12.3 Å². The van der Waals surface area contributed by atoms with E-state index in [0.29, 0.717) is 6.42 Å². The summed E-state index contributed by atoms with van der Waals surface area (Å²) >= 11 is 1.65. The Kier molecular flexibility index (Phi) is 4.06. The van der Waals surface area contributed by atoms with E-state index < -0.39 is 0 Å². The molecule has 0 aromatic heterocycles. The Labute approximate surface area is 95.1 Å². The predicted octanol–water partition coefficient (Wildman–Crippen LogP) is 2.18. The Morgan fingerprint density at radius 2 is 2.27 bits per heavy atom. The third-order valence-corrected chi connectivity index (χ3v) is 3.98. The Hall–Kier alpha value is -0.510. The van der Waals surface area contributed by atoms with Gasteiger partial charge in [0, 0.05) is 12.2 Å². The largest absolute Gasteiger partial charge is 0.305 e. The van der Waals surface area contributed by atoms with Crippen LogP contribution in [0.15, 0.2) is 4.99 Å². The average molecular weight is 226 g/mol. The molecule has 0 spiro atoms. The third-order valence-electron chi connectivity index (χ3n) is 3.09. The minimum absolute atomic E-state index is 0.148. The van der Waals surface area contributed by atoms with Crippen molar-refractivity contribution in [1.29, 1.82) is 0 Å². The Morgan fingerprint density at radius 3 is 2.93 bits per heavy atom. The van der Waals surface area contributed by atoms with Crippen LogP contribution in [0.4, 0.5) is 0 Å². The molecule has 2 rings (SSSR count). The SMILES string of the molecule is O=C(CCC1CCCC1)NC1=NCCS1. The highest BCUT2D eigenvalue weighted by Gasteiger charge is 2.17. The van der Waals surface area contributed by atoms with Crippen molar-refractivity contribution < 1.29 is 4.79 Å². The molecule has 1 heterocycles. The molecule has 4 heteroatoms. The van der Waals surface area contributed by atoms with Crippen molar-refractivity contribution in [2.75, 3.05) is 12.3 Å². The summed E-state index contributed by atoms with van der Waals surface area (Å²) in [6.45, 7) is 0.850. The number of nitrogens with zero attached hydrogens (tertiary/aromatic N) is 1. The molecule has 1 amide bonds. The summed E-state index contributed by atoms with van der Waals surface area (Å²) in [5.74, 6) is 1.96. The molecule has 84 valence electrons. The predicted molar refractivity (Wildman–Crippen MR) is 64.1 cm³/mol. The van der Waals surface area contributed by atoms with E-state index >= 15 is 0 Å². The van der Waals surface area contributed by atoms with Crippen LogP contribution in [-0.4, -0.2) is 23.4 Å². The molecule has 2 aliphatic rings. The zero-order valence-corrected chi connectivity index (χ0v) is 9.81. The highest BCUT2D eigenvalue weighted by Crippen LogP contribution is 2.28. The summed E-state index contributed by atoms with van der Waals surface area (Å²) in [5, 5.41) is 3.70. The molecule has 1 saturated carbocycles. The standard InChI is InChI=1S/C11H18N2OS/c14-10(13-11-12-7-8-15-11)6-5-9-3-1-2-4-9/h9H,1-8H2,(H,12,13,14). The number of hydrogen-bond donors (Lipinski definition) is 1. The number of thioether (sulfide) groups is 1. The van der Waals surface area contributed by atoms with Gasteiger partial charge in [-0.15, -0.1) is 0 Å². The van der Waals surface area contributed by atoms with Crippen LogP contribution in [0.3, 0.4) is 0 Å². The lowest BCUT2D eigenvalue weighted by molar-refractivity contribution is -0.119. The second-order valence-corrected chi connectivity index (χ2v) is 5.36. The number of carbonyl (C=O) groups is 1. The van der Waals surface area contributed by atoms with Crippen LogP contribution in [0.25, 0.3) is 0 Å². The quantitative estimate of drug-likeness (QED) is 0.801. The maximum Gasteiger partial charge on any atom is 0.225 e. The molecule has 0 radical (unpaired) electrons. The number of carbonyl (C=O) groups excluding carboxylic acids is 1. The van der Waals surface area contributed by atoms with Crippen molar-refractivity contribution in [3.63, 3.8) is 0 Å². The summed E-state index contributed by atoms with van der Waals surface area (Å²) < 4.78 is 0. The first kappa shape index (κ1) is 11.0. The molecule has 1 aliphatic heterocycles. The van der Waals surface area contributed by atoms with Crippen LogP contribution >= 0.6 is 11.8 Å². The fourth-order valence-electron chi connectivity index (χ4n) is 2.23. The van der Waals surface area contributed by atoms with Gasteiger partial charge in [0.2, 0.25) is 5.91 Å². The van der Waals surface area contributed by atoms with Gasteiger partial charge in [0.1, 0.15) is 0 Å². The van der Waals surface area contributed by atoms with Gasteiger partial charge < -0.3 is 5.32 Å². The number of amidine groups is 1. The Morgan fingerprint density at radius 1 is 1.47 bits per heavy atom. The van der Waals surface area contributed by atoms with Crippen LogP contribution in [0.1, 0.15) is 38.5 Å². The highest BCUT2D eigenvalue weighted by atomic mass is 32.2. The second kappa shape index (κ2) is 5.54. The fraction of sp³-hybridized carbons (Fsp3) is 0.818. The number of hydrogen-bond acceptors (Lipinski definition) is 3. The number of aliphatic imine (C=N–C) groups is 1. The van der Waals surface area contributed by atoms with E-state index in [-0.39, 0.29) is 5.91 Å². The van der Waals surface area contributed by atoms with E-state index in [4.69, 9.17) is 0 Å². The van der Waals surface area contributed by atoms with E-state index in [2.05, 4.69) is 10.3 Å². The molecular formula is C11H18N2OS. The minimum Gasteiger partial charge on any atom is -0.305 e. The first-order valence-corrected chi connectivity index (χ1v) is 6.80. The van der Waals surface area contributed by atoms with E-state index in [1.165, 1.54) is 25.7 Å². The van der Waals surface area contributed by atoms with E-state index in [1.807, 2.05) is 0 Å². The summed E-state index contributed by atoms with van der Waals surface area (Å²) in [6.07, 6.45) is 7.09.